The first kappa shape index (κ1) is 11.2. The van der Waals surface area contributed by atoms with Crippen molar-refractivity contribution in [2.24, 2.45) is 0 Å². The monoisotopic (exact) mass is 170 g/mol. The lowest BCUT2D eigenvalue weighted by atomic mass is 10.2. The molecule has 0 aromatic carbocycles. The first-order valence-electron chi connectivity index (χ1n) is 4.65. The first-order valence-corrected chi connectivity index (χ1v) is 4.65. The van der Waals surface area contributed by atoms with Crippen LogP contribution in [0.5, 0.6) is 0 Å². The van der Waals surface area contributed by atoms with E-state index in [0.717, 1.165) is 6.42 Å². The maximum Gasteiger partial charge on any atom is 0.310 e. The van der Waals surface area contributed by atoms with Crippen molar-refractivity contribution in [2.75, 3.05) is 0 Å². The van der Waals surface area contributed by atoms with E-state index in [-0.39, 0.29) is 5.97 Å². The van der Waals surface area contributed by atoms with Gasteiger partial charge in [-0.1, -0.05) is 26.7 Å². The zero-order valence-corrected chi connectivity index (χ0v) is 8.01. The minimum Gasteiger partial charge on any atom is -0.435 e. The van der Waals surface area contributed by atoms with Gasteiger partial charge in [0, 0.05) is 6.42 Å². The highest BCUT2D eigenvalue weighted by atomic mass is 16.5. The van der Waals surface area contributed by atoms with Gasteiger partial charge in [0.2, 0.25) is 0 Å². The summed E-state index contributed by atoms with van der Waals surface area (Å²) < 4.78 is 4.75. The second kappa shape index (κ2) is 8.31. The van der Waals surface area contributed by atoms with Crippen LogP contribution in [0.15, 0.2) is 12.3 Å². The Hall–Kier alpha value is -0.790. The van der Waals surface area contributed by atoms with Crippen LogP contribution in [0.3, 0.4) is 0 Å². The third-order valence-electron chi connectivity index (χ3n) is 1.56. The van der Waals surface area contributed by atoms with E-state index in [0.29, 0.717) is 6.42 Å². The Kier molecular flexibility index (Phi) is 7.76. The van der Waals surface area contributed by atoms with Crippen LogP contribution in [0.25, 0.3) is 0 Å². The summed E-state index contributed by atoms with van der Waals surface area (Å²) >= 11 is 0. The number of carbonyl (C=O) groups excluding carboxylic acids is 1. The van der Waals surface area contributed by atoms with Crippen molar-refractivity contribution in [1.29, 1.82) is 0 Å². The minimum absolute atomic E-state index is 0.165. The van der Waals surface area contributed by atoms with E-state index < -0.39 is 0 Å². The minimum atomic E-state index is -0.165. The molecule has 0 aromatic rings. The van der Waals surface area contributed by atoms with E-state index in [1.807, 2.05) is 6.08 Å². The molecule has 0 atom stereocenters. The highest BCUT2D eigenvalue weighted by Crippen LogP contribution is 1.99. The van der Waals surface area contributed by atoms with Crippen molar-refractivity contribution >= 4 is 5.97 Å². The topological polar surface area (TPSA) is 26.3 Å². The molecule has 0 N–H and O–H groups in total. The maximum atomic E-state index is 10.6. The third-order valence-corrected chi connectivity index (χ3v) is 1.56. The van der Waals surface area contributed by atoms with Crippen LogP contribution in [0.4, 0.5) is 0 Å². The number of carbonyl (C=O) groups is 1. The van der Waals surface area contributed by atoms with Gasteiger partial charge in [-0.05, 0) is 18.9 Å². The molecule has 70 valence electrons. The van der Waals surface area contributed by atoms with Gasteiger partial charge in [-0.2, -0.15) is 0 Å². The molecule has 0 aliphatic heterocycles. The normalized spacial score (nSPS) is 10.5. The molecular weight excluding hydrogens is 152 g/mol. The van der Waals surface area contributed by atoms with Crippen molar-refractivity contribution in [1.82, 2.24) is 0 Å². The zero-order valence-electron chi connectivity index (χ0n) is 8.01. The van der Waals surface area contributed by atoms with Gasteiger partial charge in [0.15, 0.2) is 0 Å². The number of rotatable bonds is 6. The average Bonchev–Trinajstić information content (AvgIpc) is 2.10. The molecule has 0 amide bonds. The highest BCUT2D eigenvalue weighted by Gasteiger charge is 1.91. The van der Waals surface area contributed by atoms with Crippen LogP contribution < -0.4 is 0 Å². The van der Waals surface area contributed by atoms with E-state index in [2.05, 4.69) is 6.92 Å². The molecule has 0 radical (unpaired) electrons. The summed E-state index contributed by atoms with van der Waals surface area (Å²) in [5, 5.41) is 0. The molecule has 0 fully saturated rings. The number of ether oxygens (including phenoxy) is 1. The summed E-state index contributed by atoms with van der Waals surface area (Å²) in [4.78, 5) is 10.6. The summed E-state index contributed by atoms with van der Waals surface area (Å²) in [5.74, 6) is -0.165. The maximum absolute atomic E-state index is 10.6. The predicted octanol–water partition coefficient (Wildman–Crippen LogP) is 3.03. The molecule has 0 aliphatic rings. The van der Waals surface area contributed by atoms with Crippen LogP contribution in [-0.2, 0) is 9.53 Å². The van der Waals surface area contributed by atoms with Gasteiger partial charge >= 0.3 is 5.97 Å². The van der Waals surface area contributed by atoms with Gasteiger partial charge in [0.1, 0.15) is 0 Å². The lowest BCUT2D eigenvalue weighted by Gasteiger charge is -1.94. The van der Waals surface area contributed by atoms with Crippen LogP contribution in [-0.4, -0.2) is 5.97 Å². The van der Waals surface area contributed by atoms with E-state index in [1.54, 1.807) is 6.92 Å². The average molecular weight is 170 g/mol. The van der Waals surface area contributed by atoms with Gasteiger partial charge in [-0.25, -0.2) is 0 Å². The van der Waals surface area contributed by atoms with Crippen molar-refractivity contribution in [3.8, 4) is 0 Å². The molecule has 0 heterocycles. The van der Waals surface area contributed by atoms with Crippen molar-refractivity contribution in [3.63, 3.8) is 0 Å². The van der Waals surface area contributed by atoms with Gasteiger partial charge in [0.25, 0.3) is 0 Å². The number of allylic oxidation sites excluding steroid dienone is 1. The Balaban J connectivity index is 3.19. The van der Waals surface area contributed by atoms with E-state index in [9.17, 15) is 4.79 Å². The van der Waals surface area contributed by atoms with Crippen molar-refractivity contribution in [2.45, 2.75) is 46.0 Å². The molecule has 0 saturated carbocycles. The quantitative estimate of drug-likeness (QED) is 0.348. The Morgan fingerprint density at radius 1 is 1.33 bits per heavy atom. The van der Waals surface area contributed by atoms with Crippen LogP contribution in [0.1, 0.15) is 46.0 Å². The Morgan fingerprint density at radius 2 is 2.08 bits per heavy atom. The zero-order chi connectivity index (χ0) is 9.23. The van der Waals surface area contributed by atoms with Crippen LogP contribution in [0, 0.1) is 0 Å². The third kappa shape index (κ3) is 7.32. The van der Waals surface area contributed by atoms with Gasteiger partial charge in [-0.3, -0.25) is 4.79 Å². The molecule has 12 heavy (non-hydrogen) atoms. The lowest BCUT2D eigenvalue weighted by molar-refractivity contribution is -0.137. The van der Waals surface area contributed by atoms with E-state index in [1.165, 1.54) is 25.5 Å². The Labute approximate surface area is 74.6 Å². The van der Waals surface area contributed by atoms with Crippen LogP contribution >= 0.6 is 0 Å². The molecule has 2 heteroatoms. The molecule has 0 bridgehead atoms. The predicted molar refractivity (Wildman–Crippen MR) is 49.7 cm³/mol. The van der Waals surface area contributed by atoms with Gasteiger partial charge in [-0.15, -0.1) is 0 Å². The number of hydrogen-bond acceptors (Lipinski definition) is 2. The van der Waals surface area contributed by atoms with E-state index >= 15 is 0 Å². The summed E-state index contributed by atoms with van der Waals surface area (Å²) in [6.07, 6.45) is 8.50. The first-order chi connectivity index (χ1) is 5.81. The molecule has 2 nitrogen and oxygen atoms in total. The van der Waals surface area contributed by atoms with Gasteiger partial charge in [0.05, 0.1) is 6.26 Å². The standard InChI is InChI=1S/C10H18O2/c1-3-5-6-7-8-9-12-10(11)4-2/h8-9H,3-7H2,1-2H3. The molecule has 0 unspecified atom stereocenters. The van der Waals surface area contributed by atoms with E-state index in [4.69, 9.17) is 4.74 Å². The molecule has 0 spiro atoms. The second-order valence-corrected chi connectivity index (χ2v) is 2.71. The number of hydrogen-bond donors (Lipinski definition) is 0. The van der Waals surface area contributed by atoms with Crippen molar-refractivity contribution < 1.29 is 9.53 Å². The number of esters is 1. The van der Waals surface area contributed by atoms with Gasteiger partial charge < -0.3 is 4.74 Å². The summed E-state index contributed by atoms with van der Waals surface area (Å²) in [6, 6.07) is 0. The lowest BCUT2D eigenvalue weighted by Crippen LogP contribution is -1.94. The summed E-state index contributed by atoms with van der Waals surface area (Å²) in [5.41, 5.74) is 0. The Morgan fingerprint density at radius 3 is 2.67 bits per heavy atom. The molecule has 0 rings (SSSR count). The Bertz CT molecular complexity index is 139. The fourth-order valence-electron chi connectivity index (χ4n) is 0.788. The summed E-state index contributed by atoms with van der Waals surface area (Å²) in [6.45, 7) is 3.95. The molecule has 0 aliphatic carbocycles. The largest absolute Gasteiger partial charge is 0.435 e. The van der Waals surface area contributed by atoms with Crippen molar-refractivity contribution in [3.05, 3.63) is 12.3 Å². The highest BCUT2D eigenvalue weighted by molar-refractivity contribution is 5.69. The summed E-state index contributed by atoms with van der Waals surface area (Å²) in [7, 11) is 0. The SMILES string of the molecule is CCCCCC=COC(=O)CC. The number of unbranched alkanes of at least 4 members (excludes halogenated alkanes) is 3. The molecule has 0 saturated heterocycles. The fourth-order valence-corrected chi connectivity index (χ4v) is 0.788. The van der Waals surface area contributed by atoms with Crippen LogP contribution in [0.2, 0.25) is 0 Å². The molecule has 0 aromatic heterocycles. The fraction of sp³-hybridized carbons (Fsp3) is 0.700. The smallest absolute Gasteiger partial charge is 0.310 e. The second-order valence-electron chi connectivity index (χ2n) is 2.71. The molecular formula is C10H18O2.